The number of hydrogen-bond acceptors (Lipinski definition) is 2. The predicted molar refractivity (Wildman–Crippen MR) is 89.9 cm³/mol. The van der Waals surface area contributed by atoms with Gasteiger partial charge in [0.05, 0.1) is 0 Å². The molecule has 0 amide bonds. The van der Waals surface area contributed by atoms with Crippen LogP contribution in [0.2, 0.25) is 0 Å². The summed E-state index contributed by atoms with van der Waals surface area (Å²) in [7, 11) is 2.11. The maximum absolute atomic E-state index is 3.42. The van der Waals surface area contributed by atoms with Gasteiger partial charge < -0.3 is 5.32 Å². The lowest BCUT2D eigenvalue weighted by atomic mass is 9.64. The monoisotopic (exact) mass is 285 g/mol. The van der Waals surface area contributed by atoms with Gasteiger partial charge in [-0.15, -0.1) is 0 Å². The van der Waals surface area contributed by atoms with Crippen molar-refractivity contribution < 1.29 is 0 Å². The van der Waals surface area contributed by atoms with Gasteiger partial charge in [0, 0.05) is 0 Å². The van der Waals surface area contributed by atoms with E-state index in [1.807, 2.05) is 0 Å². The Morgan fingerprint density at radius 1 is 1.16 bits per heavy atom. The van der Waals surface area contributed by atoms with Crippen molar-refractivity contribution in [1.29, 1.82) is 0 Å². The summed E-state index contributed by atoms with van der Waals surface area (Å²) in [4.78, 5) is 0. The molecule has 0 heterocycles. The molecule has 19 heavy (non-hydrogen) atoms. The maximum Gasteiger partial charge on any atom is -0.00209 e. The first-order valence-electron chi connectivity index (χ1n) is 8.21. The van der Waals surface area contributed by atoms with Crippen LogP contribution in [-0.2, 0) is 0 Å². The highest BCUT2D eigenvalue weighted by atomic mass is 32.2. The van der Waals surface area contributed by atoms with Gasteiger partial charge in [-0.2, -0.15) is 11.8 Å². The van der Waals surface area contributed by atoms with E-state index in [-0.39, 0.29) is 0 Å². The van der Waals surface area contributed by atoms with E-state index in [1.165, 1.54) is 50.2 Å². The third-order valence-corrected chi connectivity index (χ3v) is 5.88. The first kappa shape index (κ1) is 17.4. The standard InChI is InChI=1S/C17H35NS/c1-6-19-11-7-8-14-12-16(17(2,3)4)10-9-15(14)13-18-5/h14-16,18H,6-13H2,1-5H3. The molecule has 114 valence electrons. The maximum atomic E-state index is 3.42. The lowest BCUT2D eigenvalue weighted by Crippen LogP contribution is -2.36. The summed E-state index contributed by atoms with van der Waals surface area (Å²) < 4.78 is 0. The van der Waals surface area contributed by atoms with Crippen LogP contribution in [0.1, 0.15) is 59.8 Å². The molecule has 0 radical (unpaired) electrons. The van der Waals surface area contributed by atoms with E-state index in [0.717, 1.165) is 17.8 Å². The zero-order chi connectivity index (χ0) is 14.3. The molecule has 1 fully saturated rings. The minimum absolute atomic E-state index is 0.501. The van der Waals surface area contributed by atoms with Gasteiger partial charge in [0.2, 0.25) is 0 Å². The number of hydrogen-bond donors (Lipinski definition) is 1. The van der Waals surface area contributed by atoms with Gasteiger partial charge in [-0.1, -0.05) is 27.7 Å². The summed E-state index contributed by atoms with van der Waals surface area (Å²) >= 11 is 2.10. The van der Waals surface area contributed by atoms with Crippen molar-refractivity contribution in [2.24, 2.45) is 23.2 Å². The molecule has 1 aliphatic rings. The molecule has 0 aromatic rings. The van der Waals surface area contributed by atoms with E-state index in [4.69, 9.17) is 0 Å². The van der Waals surface area contributed by atoms with Gasteiger partial charge in [-0.25, -0.2) is 0 Å². The normalized spacial score (nSPS) is 28.6. The number of nitrogens with one attached hydrogen (secondary N) is 1. The Morgan fingerprint density at radius 2 is 1.89 bits per heavy atom. The van der Waals surface area contributed by atoms with Crippen LogP contribution >= 0.6 is 11.8 Å². The largest absolute Gasteiger partial charge is 0.319 e. The highest BCUT2D eigenvalue weighted by Crippen LogP contribution is 2.44. The molecule has 0 saturated heterocycles. The third kappa shape index (κ3) is 6.08. The SMILES string of the molecule is CCSCCCC1CC(C(C)(C)C)CCC1CNC. The van der Waals surface area contributed by atoms with E-state index in [0.29, 0.717) is 5.41 Å². The number of thioether (sulfide) groups is 1. The summed E-state index contributed by atoms with van der Waals surface area (Å²) in [5.74, 6) is 5.46. The van der Waals surface area contributed by atoms with E-state index < -0.39 is 0 Å². The molecule has 0 aliphatic heterocycles. The van der Waals surface area contributed by atoms with Gasteiger partial charge in [-0.3, -0.25) is 0 Å². The van der Waals surface area contributed by atoms with Gasteiger partial charge in [-0.05, 0) is 80.4 Å². The fraction of sp³-hybridized carbons (Fsp3) is 1.00. The third-order valence-electron chi connectivity index (χ3n) is 4.90. The van der Waals surface area contributed by atoms with Crippen molar-refractivity contribution in [3.63, 3.8) is 0 Å². The molecule has 0 bridgehead atoms. The molecule has 1 saturated carbocycles. The van der Waals surface area contributed by atoms with Crippen LogP contribution in [0.3, 0.4) is 0 Å². The van der Waals surface area contributed by atoms with Gasteiger partial charge in [0.15, 0.2) is 0 Å². The fourth-order valence-corrected chi connectivity index (χ4v) is 4.25. The molecule has 0 aromatic heterocycles. The van der Waals surface area contributed by atoms with Crippen molar-refractivity contribution in [2.75, 3.05) is 25.1 Å². The Labute approximate surface area is 125 Å². The van der Waals surface area contributed by atoms with Crippen LogP contribution in [0.4, 0.5) is 0 Å². The smallest absolute Gasteiger partial charge is 0.00209 e. The molecule has 0 spiro atoms. The molecule has 1 N–H and O–H groups in total. The summed E-state index contributed by atoms with van der Waals surface area (Å²) in [6, 6.07) is 0. The predicted octanol–water partition coefficient (Wildman–Crippen LogP) is 4.82. The van der Waals surface area contributed by atoms with Crippen molar-refractivity contribution in [1.82, 2.24) is 5.32 Å². The summed E-state index contributed by atoms with van der Waals surface area (Å²) in [5.41, 5.74) is 0.501. The van der Waals surface area contributed by atoms with Crippen LogP contribution in [0.5, 0.6) is 0 Å². The first-order valence-corrected chi connectivity index (χ1v) is 9.36. The van der Waals surface area contributed by atoms with Crippen molar-refractivity contribution in [3.8, 4) is 0 Å². The average molecular weight is 286 g/mol. The molecule has 3 atom stereocenters. The van der Waals surface area contributed by atoms with Crippen molar-refractivity contribution in [3.05, 3.63) is 0 Å². The minimum atomic E-state index is 0.501. The molecular weight excluding hydrogens is 250 g/mol. The van der Waals surface area contributed by atoms with E-state index >= 15 is 0 Å². The van der Waals surface area contributed by atoms with Crippen molar-refractivity contribution in [2.45, 2.75) is 59.8 Å². The molecule has 1 rings (SSSR count). The molecule has 1 nitrogen and oxygen atoms in total. The molecule has 2 heteroatoms. The van der Waals surface area contributed by atoms with E-state index in [9.17, 15) is 0 Å². The Balaban J connectivity index is 2.48. The molecule has 0 aromatic carbocycles. The summed E-state index contributed by atoms with van der Waals surface area (Å²) in [5, 5.41) is 3.42. The van der Waals surface area contributed by atoms with E-state index in [1.54, 1.807) is 0 Å². The highest BCUT2D eigenvalue weighted by Gasteiger charge is 2.35. The second kappa shape index (κ2) is 8.56. The molecular formula is C17H35NS. The van der Waals surface area contributed by atoms with Crippen LogP contribution in [-0.4, -0.2) is 25.1 Å². The molecule has 3 unspecified atom stereocenters. The van der Waals surface area contributed by atoms with Gasteiger partial charge in [0.25, 0.3) is 0 Å². The van der Waals surface area contributed by atoms with Crippen LogP contribution in [0.15, 0.2) is 0 Å². The second-order valence-corrected chi connectivity index (χ2v) is 8.69. The quantitative estimate of drug-likeness (QED) is 0.673. The Kier molecular flexibility index (Phi) is 7.83. The van der Waals surface area contributed by atoms with Gasteiger partial charge in [0.1, 0.15) is 0 Å². The second-order valence-electron chi connectivity index (χ2n) is 7.29. The molecule has 1 aliphatic carbocycles. The topological polar surface area (TPSA) is 12.0 Å². The van der Waals surface area contributed by atoms with Gasteiger partial charge >= 0.3 is 0 Å². The lowest BCUT2D eigenvalue weighted by Gasteiger charge is -2.42. The van der Waals surface area contributed by atoms with Crippen molar-refractivity contribution >= 4 is 11.8 Å². The number of rotatable bonds is 7. The first-order chi connectivity index (χ1) is 8.99. The van der Waals surface area contributed by atoms with Crippen LogP contribution in [0, 0.1) is 23.2 Å². The van der Waals surface area contributed by atoms with Crippen LogP contribution < -0.4 is 5.32 Å². The minimum Gasteiger partial charge on any atom is -0.319 e. The lowest BCUT2D eigenvalue weighted by molar-refractivity contribution is 0.0932. The zero-order valence-corrected chi connectivity index (χ0v) is 14.6. The highest BCUT2D eigenvalue weighted by molar-refractivity contribution is 7.99. The summed E-state index contributed by atoms with van der Waals surface area (Å²) in [6.07, 6.45) is 7.21. The van der Waals surface area contributed by atoms with E-state index in [2.05, 4.69) is 51.8 Å². The fourth-order valence-electron chi connectivity index (χ4n) is 3.59. The Bertz CT molecular complexity index is 234. The Morgan fingerprint density at radius 3 is 2.47 bits per heavy atom. The summed E-state index contributed by atoms with van der Waals surface area (Å²) in [6.45, 7) is 10.8. The average Bonchev–Trinajstić information content (AvgIpc) is 2.35. The van der Waals surface area contributed by atoms with Crippen LogP contribution in [0.25, 0.3) is 0 Å². The zero-order valence-electron chi connectivity index (χ0n) is 13.8. The Hall–Kier alpha value is 0.310.